The lowest BCUT2D eigenvalue weighted by Gasteiger charge is -2.13. The van der Waals surface area contributed by atoms with Crippen molar-refractivity contribution in [2.75, 3.05) is 12.4 Å². The number of aromatic nitrogens is 2. The summed E-state index contributed by atoms with van der Waals surface area (Å²) in [5.74, 6) is 0.525. The molecule has 0 unspecified atom stereocenters. The zero-order valence-corrected chi connectivity index (χ0v) is 22.9. The molecule has 2 aromatic heterocycles. The van der Waals surface area contributed by atoms with E-state index in [1.54, 1.807) is 22.1 Å². The maximum Gasteiger partial charge on any atom is 0.267 e. The molecule has 7 nitrogen and oxygen atoms in total. The fourth-order valence-electron chi connectivity index (χ4n) is 4.43. The summed E-state index contributed by atoms with van der Waals surface area (Å²) in [6.45, 7) is 4.41. The summed E-state index contributed by atoms with van der Waals surface area (Å²) in [5.41, 5.74) is 6.27. The Bertz CT molecular complexity index is 1570. The third-order valence-corrected chi connectivity index (χ3v) is 8.22. The number of hydrogen-bond acceptors (Lipinski definition) is 7. The van der Waals surface area contributed by atoms with Gasteiger partial charge in [0.2, 0.25) is 0 Å². The van der Waals surface area contributed by atoms with Crippen LogP contribution in [0.15, 0.2) is 75.2 Å². The van der Waals surface area contributed by atoms with Crippen molar-refractivity contribution in [1.82, 2.24) is 15.0 Å². The van der Waals surface area contributed by atoms with Crippen LogP contribution in [0.2, 0.25) is 0 Å². The number of nitrogens with one attached hydrogen (secondary N) is 1. The number of carbonyl (C=O) groups is 1. The Kier molecular flexibility index (Phi) is 8.05. The molecule has 0 saturated carbocycles. The molecule has 5 rings (SSSR count). The number of aryl methyl sites for hydroxylation is 2. The number of fused-ring (bicyclic) bond motifs is 3. The van der Waals surface area contributed by atoms with Gasteiger partial charge < -0.3 is 4.74 Å². The molecular weight excluding hydrogens is 516 g/mol. The predicted octanol–water partition coefficient (Wildman–Crippen LogP) is 5.63. The molecule has 0 fully saturated rings. The first-order valence-corrected chi connectivity index (χ1v) is 14.3. The molecule has 1 amide bonds. The average Bonchev–Trinajstić information content (AvgIpc) is 3.50. The van der Waals surface area contributed by atoms with Crippen LogP contribution in [0.3, 0.4) is 0 Å². The predicted molar refractivity (Wildman–Crippen MR) is 156 cm³/mol. The number of amides is 1. The first-order valence-electron chi connectivity index (χ1n) is 12.5. The molecular formula is C29H28N4O3S2. The zero-order valence-electron chi connectivity index (χ0n) is 21.3. The van der Waals surface area contributed by atoms with E-state index in [0.29, 0.717) is 22.8 Å². The molecule has 1 aliphatic carbocycles. The number of thiophene rings is 1. The van der Waals surface area contributed by atoms with Crippen LogP contribution in [0.1, 0.15) is 36.3 Å². The standard InChI is InChI=1S/C29H28N4O3S2/c1-3-36-22-14-12-21(13-15-22)33-28(35)26-23-10-7-11-24(23)38-27(26)31-29(33)37-18-25(34)32-30-17-19(2)16-20-8-5-4-6-9-20/h4-6,8-9,12-17H,3,7,10-11,18H2,1-2H3,(H,32,34). The molecule has 0 bridgehead atoms. The molecule has 9 heteroatoms. The molecule has 1 N–H and O–H groups in total. The Balaban J connectivity index is 1.37. The summed E-state index contributed by atoms with van der Waals surface area (Å²) in [6, 6.07) is 17.3. The highest BCUT2D eigenvalue weighted by Crippen LogP contribution is 2.36. The topological polar surface area (TPSA) is 85.6 Å². The monoisotopic (exact) mass is 544 g/mol. The highest BCUT2D eigenvalue weighted by atomic mass is 32.2. The molecule has 0 aliphatic heterocycles. The van der Waals surface area contributed by atoms with Gasteiger partial charge in [0.05, 0.1) is 29.6 Å². The van der Waals surface area contributed by atoms with Crippen LogP contribution in [0.4, 0.5) is 0 Å². The largest absolute Gasteiger partial charge is 0.494 e. The number of ether oxygens (including phenoxy) is 1. The first-order chi connectivity index (χ1) is 18.5. The van der Waals surface area contributed by atoms with E-state index >= 15 is 0 Å². The van der Waals surface area contributed by atoms with Gasteiger partial charge >= 0.3 is 0 Å². The minimum absolute atomic E-state index is 0.0683. The summed E-state index contributed by atoms with van der Waals surface area (Å²) in [5, 5.41) is 5.26. The fourth-order valence-corrected chi connectivity index (χ4v) is 6.53. The van der Waals surface area contributed by atoms with Gasteiger partial charge in [0.15, 0.2) is 5.16 Å². The minimum atomic E-state index is -0.278. The van der Waals surface area contributed by atoms with Gasteiger partial charge in [-0.15, -0.1) is 11.3 Å². The molecule has 2 heterocycles. The van der Waals surface area contributed by atoms with Gasteiger partial charge in [0, 0.05) is 4.88 Å². The summed E-state index contributed by atoms with van der Waals surface area (Å²) >= 11 is 2.81. The summed E-state index contributed by atoms with van der Waals surface area (Å²) < 4.78 is 7.17. The van der Waals surface area contributed by atoms with E-state index < -0.39 is 0 Å². The summed E-state index contributed by atoms with van der Waals surface area (Å²) in [6.07, 6.45) is 6.55. The molecule has 2 aromatic carbocycles. The van der Waals surface area contributed by atoms with Crippen LogP contribution in [-0.2, 0) is 17.6 Å². The van der Waals surface area contributed by atoms with E-state index in [0.717, 1.165) is 46.5 Å². The Labute approximate surface area is 229 Å². The van der Waals surface area contributed by atoms with Gasteiger partial charge in [-0.05, 0) is 74.1 Å². The number of benzene rings is 2. The van der Waals surface area contributed by atoms with Crippen molar-refractivity contribution in [2.45, 2.75) is 38.3 Å². The third-order valence-electron chi connectivity index (χ3n) is 6.10. The van der Waals surface area contributed by atoms with Crippen molar-refractivity contribution in [3.05, 3.63) is 86.5 Å². The number of hydrogen-bond donors (Lipinski definition) is 1. The van der Waals surface area contributed by atoms with E-state index in [4.69, 9.17) is 9.72 Å². The highest BCUT2D eigenvalue weighted by Gasteiger charge is 2.24. The Hall–Kier alpha value is -3.69. The van der Waals surface area contributed by atoms with Crippen LogP contribution >= 0.6 is 23.1 Å². The maximum atomic E-state index is 13.8. The number of carbonyl (C=O) groups excluding carboxylic acids is 1. The van der Waals surface area contributed by atoms with Crippen molar-refractivity contribution < 1.29 is 9.53 Å². The molecule has 0 atom stereocenters. The molecule has 0 radical (unpaired) electrons. The maximum absolute atomic E-state index is 13.8. The number of hydrazone groups is 1. The van der Waals surface area contributed by atoms with E-state index in [2.05, 4.69) is 10.5 Å². The van der Waals surface area contributed by atoms with Crippen LogP contribution in [-0.4, -0.2) is 34.0 Å². The smallest absolute Gasteiger partial charge is 0.267 e. The second kappa shape index (κ2) is 11.8. The lowest BCUT2D eigenvalue weighted by atomic mass is 10.1. The molecule has 1 aliphatic rings. The quantitative estimate of drug-likeness (QED) is 0.128. The number of allylic oxidation sites excluding steroid dienone is 1. The summed E-state index contributed by atoms with van der Waals surface area (Å²) in [4.78, 5) is 33.2. The van der Waals surface area contributed by atoms with E-state index in [1.165, 1.54) is 16.6 Å². The van der Waals surface area contributed by atoms with Gasteiger partial charge in [0.25, 0.3) is 11.5 Å². The van der Waals surface area contributed by atoms with Gasteiger partial charge in [-0.3, -0.25) is 14.2 Å². The molecule has 0 saturated heterocycles. The van der Waals surface area contributed by atoms with E-state index in [9.17, 15) is 9.59 Å². The van der Waals surface area contributed by atoms with Crippen molar-refractivity contribution >= 4 is 51.5 Å². The second-order valence-electron chi connectivity index (χ2n) is 8.88. The Morgan fingerprint density at radius 3 is 2.74 bits per heavy atom. The lowest BCUT2D eigenvalue weighted by Crippen LogP contribution is -2.24. The van der Waals surface area contributed by atoms with Crippen LogP contribution in [0.5, 0.6) is 5.75 Å². The Morgan fingerprint density at radius 1 is 1.18 bits per heavy atom. The fraction of sp³-hybridized carbons (Fsp3) is 0.241. The minimum Gasteiger partial charge on any atom is -0.494 e. The summed E-state index contributed by atoms with van der Waals surface area (Å²) in [7, 11) is 0. The van der Waals surface area contributed by atoms with Gasteiger partial charge in [-0.25, -0.2) is 10.4 Å². The average molecular weight is 545 g/mol. The van der Waals surface area contributed by atoms with Crippen molar-refractivity contribution in [3.63, 3.8) is 0 Å². The molecule has 0 spiro atoms. The number of thioether (sulfide) groups is 1. The van der Waals surface area contributed by atoms with Gasteiger partial charge in [0.1, 0.15) is 10.6 Å². The van der Waals surface area contributed by atoms with Crippen LogP contribution < -0.4 is 15.7 Å². The molecule has 38 heavy (non-hydrogen) atoms. The SMILES string of the molecule is CCOc1ccc(-n2c(SCC(=O)NN=CC(C)=Cc3ccccc3)nc3sc4c(c3c2=O)CCC4)cc1. The molecule has 194 valence electrons. The van der Waals surface area contributed by atoms with Crippen LogP contribution in [0, 0.1) is 0 Å². The van der Waals surface area contributed by atoms with Gasteiger partial charge in [-0.2, -0.15) is 5.10 Å². The van der Waals surface area contributed by atoms with E-state index in [-0.39, 0.29) is 17.2 Å². The molecule has 4 aromatic rings. The van der Waals surface area contributed by atoms with Crippen molar-refractivity contribution in [2.24, 2.45) is 5.10 Å². The second-order valence-corrected chi connectivity index (χ2v) is 10.9. The highest BCUT2D eigenvalue weighted by molar-refractivity contribution is 7.99. The normalized spacial score (nSPS) is 13.3. The van der Waals surface area contributed by atoms with Crippen molar-refractivity contribution in [3.8, 4) is 11.4 Å². The van der Waals surface area contributed by atoms with Gasteiger partial charge in [-0.1, -0.05) is 48.2 Å². The zero-order chi connectivity index (χ0) is 26.5. The van der Waals surface area contributed by atoms with E-state index in [1.807, 2.05) is 74.5 Å². The third kappa shape index (κ3) is 5.74. The van der Waals surface area contributed by atoms with Crippen molar-refractivity contribution in [1.29, 1.82) is 0 Å². The number of nitrogens with zero attached hydrogens (tertiary/aromatic N) is 3. The lowest BCUT2D eigenvalue weighted by molar-refractivity contribution is -0.118. The first kappa shape index (κ1) is 25.9. The Morgan fingerprint density at radius 2 is 1.97 bits per heavy atom. The van der Waals surface area contributed by atoms with Crippen LogP contribution in [0.25, 0.3) is 22.0 Å². The number of rotatable bonds is 9.